The number of carbonyl (C=O) groups excluding carboxylic acids is 1. The molecule has 0 aliphatic heterocycles. The van der Waals surface area contributed by atoms with Gasteiger partial charge in [-0.05, 0) is 18.2 Å². The van der Waals surface area contributed by atoms with E-state index in [1.807, 2.05) is 0 Å². The summed E-state index contributed by atoms with van der Waals surface area (Å²) in [5.74, 6) is 6.24. The zero-order valence-electron chi connectivity index (χ0n) is 8.01. The van der Waals surface area contributed by atoms with Gasteiger partial charge >= 0.3 is 0 Å². The zero-order valence-corrected chi connectivity index (χ0v) is 10.3. The molecule has 78 valence electrons. The summed E-state index contributed by atoms with van der Waals surface area (Å²) in [5, 5.41) is 1.19. The molecule has 1 nitrogen and oxygen atoms in total. The molecule has 1 aromatic rings. The second-order valence-corrected chi connectivity index (χ2v) is 4.77. The minimum Gasteiger partial charge on any atom is -0.288 e. The first kappa shape index (κ1) is 12.4. The van der Waals surface area contributed by atoms with Crippen molar-refractivity contribution < 1.29 is 4.79 Å². The van der Waals surface area contributed by atoms with Crippen LogP contribution in [0.3, 0.4) is 0 Å². The van der Waals surface area contributed by atoms with Gasteiger partial charge in [0.2, 0.25) is 0 Å². The lowest BCUT2D eigenvalue weighted by atomic mass is 10.2. The normalized spacial score (nSPS) is 9.27. The van der Waals surface area contributed by atoms with Crippen LogP contribution in [0, 0.1) is 11.8 Å². The van der Waals surface area contributed by atoms with E-state index in [0.717, 1.165) is 5.56 Å². The first-order chi connectivity index (χ1) is 7.08. The van der Waals surface area contributed by atoms with Crippen molar-refractivity contribution in [1.29, 1.82) is 0 Å². The summed E-state index contributed by atoms with van der Waals surface area (Å²) < 4.78 is 0. The SMILES string of the molecule is CC(=O)SCC#Cc1cc(Cl)cc(Cl)c1. The third-order valence-electron chi connectivity index (χ3n) is 1.44. The molecular formula is C11H8Cl2OS. The maximum atomic E-state index is 10.6. The highest BCUT2D eigenvalue weighted by Crippen LogP contribution is 2.18. The summed E-state index contributed by atoms with van der Waals surface area (Å²) in [6.07, 6.45) is 0. The lowest BCUT2D eigenvalue weighted by molar-refractivity contribution is -0.109. The van der Waals surface area contributed by atoms with Crippen LogP contribution in [-0.2, 0) is 4.79 Å². The molecule has 0 radical (unpaired) electrons. The van der Waals surface area contributed by atoms with E-state index in [9.17, 15) is 4.79 Å². The van der Waals surface area contributed by atoms with Crippen LogP contribution < -0.4 is 0 Å². The predicted octanol–water partition coefficient (Wildman–Crippen LogP) is 3.62. The molecule has 0 heterocycles. The number of halogens is 2. The lowest BCUT2D eigenvalue weighted by Gasteiger charge is -1.94. The quantitative estimate of drug-likeness (QED) is 0.716. The monoisotopic (exact) mass is 258 g/mol. The Morgan fingerprint density at radius 1 is 1.33 bits per heavy atom. The fraction of sp³-hybridized carbons (Fsp3) is 0.182. The van der Waals surface area contributed by atoms with Crippen molar-refractivity contribution in [2.24, 2.45) is 0 Å². The molecule has 0 unspecified atom stereocenters. The topological polar surface area (TPSA) is 17.1 Å². The van der Waals surface area contributed by atoms with E-state index in [2.05, 4.69) is 11.8 Å². The molecule has 0 atom stereocenters. The van der Waals surface area contributed by atoms with Gasteiger partial charge in [0.1, 0.15) is 0 Å². The molecule has 15 heavy (non-hydrogen) atoms. The maximum Gasteiger partial charge on any atom is 0.186 e. The Morgan fingerprint density at radius 3 is 2.47 bits per heavy atom. The summed E-state index contributed by atoms with van der Waals surface area (Å²) in [4.78, 5) is 10.6. The van der Waals surface area contributed by atoms with Crippen LogP contribution in [-0.4, -0.2) is 10.9 Å². The van der Waals surface area contributed by atoms with E-state index >= 15 is 0 Å². The van der Waals surface area contributed by atoms with Gasteiger partial charge in [-0.15, -0.1) is 0 Å². The van der Waals surface area contributed by atoms with Crippen molar-refractivity contribution in [3.8, 4) is 11.8 Å². The third kappa shape index (κ3) is 5.13. The van der Waals surface area contributed by atoms with Crippen molar-refractivity contribution in [3.63, 3.8) is 0 Å². The average Bonchev–Trinajstić information content (AvgIpc) is 2.10. The highest BCUT2D eigenvalue weighted by atomic mass is 35.5. The Morgan fingerprint density at radius 2 is 1.93 bits per heavy atom. The van der Waals surface area contributed by atoms with Crippen LogP contribution in [0.2, 0.25) is 10.0 Å². The Hall–Kier alpha value is -0.620. The van der Waals surface area contributed by atoms with Crippen molar-refractivity contribution >= 4 is 40.1 Å². The van der Waals surface area contributed by atoms with E-state index in [1.165, 1.54) is 18.7 Å². The fourth-order valence-corrected chi connectivity index (χ4v) is 1.78. The molecule has 0 bridgehead atoms. The number of hydrogen-bond acceptors (Lipinski definition) is 2. The van der Waals surface area contributed by atoms with Crippen LogP contribution in [0.1, 0.15) is 12.5 Å². The molecule has 0 fully saturated rings. The van der Waals surface area contributed by atoms with Crippen LogP contribution in [0.25, 0.3) is 0 Å². The summed E-state index contributed by atoms with van der Waals surface area (Å²) >= 11 is 12.8. The molecule has 0 aliphatic carbocycles. The molecular weight excluding hydrogens is 251 g/mol. The van der Waals surface area contributed by atoms with Crippen LogP contribution in [0.4, 0.5) is 0 Å². The summed E-state index contributed by atoms with van der Waals surface area (Å²) in [5.41, 5.74) is 0.761. The summed E-state index contributed by atoms with van der Waals surface area (Å²) in [6, 6.07) is 5.12. The molecule has 0 spiro atoms. The van der Waals surface area contributed by atoms with Gasteiger partial charge in [0.05, 0.1) is 5.75 Å². The summed E-state index contributed by atoms with van der Waals surface area (Å²) in [7, 11) is 0. The van der Waals surface area contributed by atoms with Gasteiger partial charge in [-0.1, -0.05) is 46.8 Å². The van der Waals surface area contributed by atoms with Crippen LogP contribution in [0.5, 0.6) is 0 Å². The Labute approximate surface area is 103 Å². The number of rotatable bonds is 1. The minimum atomic E-state index is 0.0634. The van der Waals surface area contributed by atoms with Crippen molar-refractivity contribution in [3.05, 3.63) is 33.8 Å². The molecule has 0 saturated heterocycles. The largest absolute Gasteiger partial charge is 0.288 e. The number of carbonyl (C=O) groups is 1. The first-order valence-electron chi connectivity index (χ1n) is 4.16. The molecule has 4 heteroatoms. The second-order valence-electron chi connectivity index (χ2n) is 2.74. The lowest BCUT2D eigenvalue weighted by Crippen LogP contribution is -1.82. The van der Waals surface area contributed by atoms with Crippen molar-refractivity contribution in [2.75, 3.05) is 5.75 Å². The van der Waals surface area contributed by atoms with E-state index in [0.29, 0.717) is 15.8 Å². The van der Waals surface area contributed by atoms with Crippen molar-refractivity contribution in [1.82, 2.24) is 0 Å². The van der Waals surface area contributed by atoms with Gasteiger partial charge in [0, 0.05) is 22.5 Å². The van der Waals surface area contributed by atoms with E-state index in [-0.39, 0.29) is 5.12 Å². The summed E-state index contributed by atoms with van der Waals surface area (Å²) in [6.45, 7) is 1.52. The molecule has 0 amide bonds. The van der Waals surface area contributed by atoms with Gasteiger partial charge in [-0.25, -0.2) is 0 Å². The highest BCUT2D eigenvalue weighted by Gasteiger charge is 1.94. The third-order valence-corrected chi connectivity index (χ3v) is 2.57. The first-order valence-corrected chi connectivity index (χ1v) is 5.90. The van der Waals surface area contributed by atoms with Gasteiger partial charge in [-0.2, -0.15) is 0 Å². The molecule has 0 saturated carbocycles. The fourth-order valence-electron chi connectivity index (χ4n) is 0.902. The Kier molecular flexibility index (Phi) is 5.04. The Bertz CT molecular complexity index is 412. The molecule has 0 N–H and O–H groups in total. The second kappa shape index (κ2) is 6.07. The van der Waals surface area contributed by atoms with Gasteiger partial charge in [-0.3, -0.25) is 4.79 Å². The smallest absolute Gasteiger partial charge is 0.186 e. The molecule has 0 aromatic heterocycles. The average molecular weight is 259 g/mol. The molecule has 1 rings (SSSR count). The minimum absolute atomic E-state index is 0.0634. The van der Waals surface area contributed by atoms with E-state index < -0.39 is 0 Å². The Balaban J connectivity index is 2.67. The van der Waals surface area contributed by atoms with Crippen LogP contribution >= 0.6 is 35.0 Å². The maximum absolute atomic E-state index is 10.6. The molecule has 0 aliphatic rings. The highest BCUT2D eigenvalue weighted by molar-refractivity contribution is 8.13. The van der Waals surface area contributed by atoms with Gasteiger partial charge < -0.3 is 0 Å². The van der Waals surface area contributed by atoms with Crippen molar-refractivity contribution in [2.45, 2.75) is 6.92 Å². The standard InChI is InChI=1S/C11H8Cl2OS/c1-8(14)15-4-2-3-9-5-10(12)7-11(13)6-9/h5-7H,4H2,1H3. The number of thioether (sulfide) groups is 1. The number of hydrogen-bond donors (Lipinski definition) is 0. The zero-order chi connectivity index (χ0) is 11.3. The van der Waals surface area contributed by atoms with E-state index in [4.69, 9.17) is 23.2 Å². The molecule has 1 aromatic carbocycles. The van der Waals surface area contributed by atoms with Gasteiger partial charge in [0.25, 0.3) is 0 Å². The van der Waals surface area contributed by atoms with E-state index in [1.54, 1.807) is 18.2 Å². The van der Waals surface area contributed by atoms with Gasteiger partial charge in [0.15, 0.2) is 5.12 Å². The van der Waals surface area contributed by atoms with Crippen LogP contribution in [0.15, 0.2) is 18.2 Å². The number of benzene rings is 1. The predicted molar refractivity (Wildman–Crippen MR) is 66.5 cm³/mol.